The molecule has 4 rings (SSSR count). The third kappa shape index (κ3) is 3.60. The van der Waals surface area contributed by atoms with E-state index in [1.807, 2.05) is 16.7 Å². The van der Waals surface area contributed by atoms with Gasteiger partial charge in [-0.25, -0.2) is 18.5 Å². The molecular weight excluding hydrogens is 390 g/mol. The van der Waals surface area contributed by atoms with Crippen LogP contribution in [-0.4, -0.2) is 38.2 Å². The highest BCUT2D eigenvalue weighted by Gasteiger charge is 2.43. The number of unbranched alkanes of at least 4 members (excludes halogenated alkanes) is 1. The molecule has 1 unspecified atom stereocenters. The van der Waals surface area contributed by atoms with Crippen LogP contribution in [0.5, 0.6) is 0 Å². The number of nitrogens with two attached hydrogens (primary N) is 1. The molecule has 3 heterocycles. The Hall–Kier alpha value is -2.51. The molecule has 3 N–H and O–H groups in total. The van der Waals surface area contributed by atoms with Crippen molar-refractivity contribution in [2.24, 2.45) is 17.0 Å². The van der Waals surface area contributed by atoms with E-state index in [9.17, 15) is 8.42 Å². The van der Waals surface area contributed by atoms with Crippen LogP contribution in [0, 0.1) is 23.2 Å². The number of rotatable bonds is 7. The van der Waals surface area contributed by atoms with Crippen LogP contribution in [0.4, 0.5) is 0 Å². The van der Waals surface area contributed by atoms with E-state index in [1.54, 1.807) is 6.20 Å². The first-order valence-corrected chi connectivity index (χ1v) is 11.6. The first kappa shape index (κ1) is 19.8. The maximum absolute atomic E-state index is 12.3. The highest BCUT2D eigenvalue weighted by Crippen LogP contribution is 2.47. The Balaban J connectivity index is 1.69. The van der Waals surface area contributed by atoms with Gasteiger partial charge in [0.05, 0.1) is 23.0 Å². The molecule has 0 amide bonds. The van der Waals surface area contributed by atoms with Crippen LogP contribution < -0.4 is 5.14 Å². The average Bonchev–Trinajstić information content (AvgIpc) is 3.39. The Morgan fingerprint density at radius 3 is 2.97 bits per heavy atom. The van der Waals surface area contributed by atoms with Crippen molar-refractivity contribution in [3.63, 3.8) is 0 Å². The molecule has 3 aromatic rings. The lowest BCUT2D eigenvalue weighted by atomic mass is 9.93. The third-order valence-electron chi connectivity index (χ3n) is 6.28. The van der Waals surface area contributed by atoms with E-state index in [0.29, 0.717) is 37.2 Å². The fourth-order valence-corrected chi connectivity index (χ4v) is 6.18. The van der Waals surface area contributed by atoms with Crippen LogP contribution in [0.2, 0.25) is 0 Å². The Bertz CT molecular complexity index is 1160. The number of nitrogens with zero attached hydrogens (tertiary/aromatic N) is 5. The number of nitrogens with one attached hydrogen (secondary N) is 1. The van der Waals surface area contributed by atoms with E-state index < -0.39 is 15.3 Å². The van der Waals surface area contributed by atoms with Gasteiger partial charge in [-0.15, -0.1) is 10.2 Å². The van der Waals surface area contributed by atoms with Gasteiger partial charge in [0.2, 0.25) is 10.0 Å². The summed E-state index contributed by atoms with van der Waals surface area (Å²) in [4.78, 5) is 7.48. The highest BCUT2D eigenvalue weighted by molar-refractivity contribution is 7.89. The van der Waals surface area contributed by atoms with E-state index in [-0.39, 0.29) is 11.8 Å². The minimum Gasteiger partial charge on any atom is -0.345 e. The van der Waals surface area contributed by atoms with Crippen LogP contribution in [0.25, 0.3) is 16.8 Å². The molecule has 0 aliphatic heterocycles. The Labute approximate surface area is 169 Å². The van der Waals surface area contributed by atoms with Gasteiger partial charge in [0, 0.05) is 18.5 Å². The van der Waals surface area contributed by atoms with Gasteiger partial charge < -0.3 is 4.98 Å². The lowest BCUT2D eigenvalue weighted by molar-refractivity contribution is 0.427. The zero-order chi connectivity index (χ0) is 20.6. The van der Waals surface area contributed by atoms with Gasteiger partial charge in [-0.1, -0.05) is 13.3 Å². The van der Waals surface area contributed by atoms with Gasteiger partial charge >= 0.3 is 0 Å². The van der Waals surface area contributed by atoms with Crippen molar-refractivity contribution < 1.29 is 8.42 Å². The first-order valence-electron chi connectivity index (χ1n) is 9.99. The summed E-state index contributed by atoms with van der Waals surface area (Å²) in [7, 11) is -3.69. The van der Waals surface area contributed by atoms with Crippen LogP contribution in [0.1, 0.15) is 57.2 Å². The number of aromatic nitrogens is 5. The molecule has 3 aromatic heterocycles. The van der Waals surface area contributed by atoms with Crippen molar-refractivity contribution in [2.45, 2.75) is 56.6 Å². The molecule has 0 aromatic carbocycles. The summed E-state index contributed by atoms with van der Waals surface area (Å²) in [5.41, 5.74) is 2.36. The molecule has 4 atom stereocenters. The summed E-state index contributed by atoms with van der Waals surface area (Å²) in [6.07, 6.45) is 7.23. The van der Waals surface area contributed by atoms with Gasteiger partial charge in [0.25, 0.3) is 0 Å². The number of aromatic amines is 1. The van der Waals surface area contributed by atoms with Crippen molar-refractivity contribution in [3.05, 3.63) is 24.3 Å². The molecule has 0 radical (unpaired) electrons. The topological polar surface area (TPSA) is 143 Å². The molecule has 10 heteroatoms. The van der Waals surface area contributed by atoms with E-state index in [2.05, 4.69) is 33.2 Å². The van der Waals surface area contributed by atoms with Crippen LogP contribution in [0.15, 0.2) is 18.5 Å². The second kappa shape index (κ2) is 7.72. The number of nitriles is 1. The molecule has 0 bridgehead atoms. The van der Waals surface area contributed by atoms with E-state index in [0.717, 1.165) is 29.8 Å². The fourth-order valence-electron chi connectivity index (χ4n) is 4.93. The van der Waals surface area contributed by atoms with Crippen LogP contribution in [-0.2, 0) is 10.0 Å². The summed E-state index contributed by atoms with van der Waals surface area (Å²) in [5.74, 6) is 1.21. The molecule has 1 aliphatic rings. The summed E-state index contributed by atoms with van der Waals surface area (Å²) in [6, 6.07) is 4.03. The zero-order valence-corrected chi connectivity index (χ0v) is 17.1. The number of primary sulfonamides is 1. The average molecular weight is 416 g/mol. The fraction of sp³-hybridized carbons (Fsp3) is 0.579. The minimum atomic E-state index is -3.69. The predicted octanol–water partition coefficient (Wildman–Crippen LogP) is 2.48. The van der Waals surface area contributed by atoms with E-state index in [1.165, 1.54) is 0 Å². The van der Waals surface area contributed by atoms with Crippen molar-refractivity contribution in [3.8, 4) is 6.07 Å². The Morgan fingerprint density at radius 1 is 1.41 bits per heavy atom. The van der Waals surface area contributed by atoms with Crippen LogP contribution in [0.3, 0.4) is 0 Å². The van der Waals surface area contributed by atoms with Gasteiger partial charge in [-0.05, 0) is 43.6 Å². The molecular formula is C19H25N7O2S. The van der Waals surface area contributed by atoms with Gasteiger partial charge in [0.1, 0.15) is 5.82 Å². The number of H-pyrrole nitrogens is 1. The molecule has 1 fully saturated rings. The molecule has 154 valence electrons. The standard InChI is InChI=1S/C19H25N7O2S/c1-2-12-9-13(16(29(21,27)28)5-3-4-7-20)10-14(12)19-25-24-17-11-23-18-15(26(17)19)6-8-22-18/h6,8,11-14,16,22H,2-5,9-10H2,1H3,(H2,21,27,28)/t12-,13+,14+,16?/m1/s1. The summed E-state index contributed by atoms with van der Waals surface area (Å²) >= 11 is 0. The van der Waals surface area contributed by atoms with Crippen molar-refractivity contribution in [2.75, 3.05) is 0 Å². The zero-order valence-electron chi connectivity index (χ0n) is 16.3. The molecule has 1 aliphatic carbocycles. The number of sulfonamides is 1. The van der Waals surface area contributed by atoms with Crippen LogP contribution >= 0.6 is 0 Å². The molecule has 1 saturated carbocycles. The summed E-state index contributed by atoms with van der Waals surface area (Å²) < 4.78 is 26.6. The molecule has 29 heavy (non-hydrogen) atoms. The number of fused-ring (bicyclic) bond motifs is 3. The van der Waals surface area contributed by atoms with E-state index >= 15 is 0 Å². The van der Waals surface area contributed by atoms with Crippen molar-refractivity contribution >= 4 is 26.8 Å². The lowest BCUT2D eigenvalue weighted by Crippen LogP contribution is -2.34. The first-order chi connectivity index (χ1) is 13.9. The normalized spacial score (nSPS) is 23.6. The minimum absolute atomic E-state index is 0.0467. The second-order valence-electron chi connectivity index (χ2n) is 7.91. The van der Waals surface area contributed by atoms with Gasteiger partial charge in [0.15, 0.2) is 11.3 Å². The smallest absolute Gasteiger partial charge is 0.212 e. The Morgan fingerprint density at radius 2 is 2.24 bits per heavy atom. The quantitative estimate of drug-likeness (QED) is 0.567. The summed E-state index contributed by atoms with van der Waals surface area (Å²) in [6.45, 7) is 2.12. The Kier molecular flexibility index (Phi) is 5.27. The van der Waals surface area contributed by atoms with Gasteiger partial charge in [-0.2, -0.15) is 5.26 Å². The third-order valence-corrected chi connectivity index (χ3v) is 7.74. The summed E-state index contributed by atoms with van der Waals surface area (Å²) in [5, 5.41) is 22.5. The molecule has 9 nitrogen and oxygen atoms in total. The lowest BCUT2D eigenvalue weighted by Gasteiger charge is -2.21. The maximum Gasteiger partial charge on any atom is 0.212 e. The van der Waals surface area contributed by atoms with Gasteiger partial charge in [-0.3, -0.25) is 4.40 Å². The SMILES string of the molecule is CC[C@@H]1C[C@H](C(CCCC#N)S(N)(=O)=O)C[C@@H]1c1nnc2cnc3[nH]ccc3n12. The maximum atomic E-state index is 12.3. The largest absolute Gasteiger partial charge is 0.345 e. The number of hydrogen-bond donors (Lipinski definition) is 2. The second-order valence-corrected chi connectivity index (χ2v) is 9.69. The number of hydrogen-bond acceptors (Lipinski definition) is 6. The predicted molar refractivity (Wildman–Crippen MR) is 108 cm³/mol. The highest BCUT2D eigenvalue weighted by atomic mass is 32.2. The molecule has 0 saturated heterocycles. The van der Waals surface area contributed by atoms with E-state index in [4.69, 9.17) is 10.4 Å². The van der Waals surface area contributed by atoms with Crippen molar-refractivity contribution in [1.82, 2.24) is 24.6 Å². The monoisotopic (exact) mass is 415 g/mol. The molecule has 0 spiro atoms. The van der Waals surface area contributed by atoms with Crippen molar-refractivity contribution in [1.29, 1.82) is 5.26 Å².